The topological polar surface area (TPSA) is 76.7 Å². The minimum atomic E-state index is -0.385. The van der Waals surface area contributed by atoms with E-state index in [4.69, 9.17) is 9.47 Å². The molecule has 4 rings (SSSR count). The zero-order valence-corrected chi connectivity index (χ0v) is 17.8. The van der Waals surface area contributed by atoms with Crippen molar-refractivity contribution in [1.29, 1.82) is 0 Å². The molecular formula is C25H28N2O4. The van der Waals surface area contributed by atoms with Crippen LogP contribution in [0.15, 0.2) is 60.7 Å². The third-order valence-electron chi connectivity index (χ3n) is 5.93. The van der Waals surface area contributed by atoms with Gasteiger partial charge < -0.3 is 20.1 Å². The summed E-state index contributed by atoms with van der Waals surface area (Å²) < 4.78 is 10.9. The Bertz CT molecular complexity index is 875. The maximum Gasteiger partial charge on any atom is 0.228 e. The molecule has 6 heteroatoms. The van der Waals surface area contributed by atoms with E-state index < -0.39 is 0 Å². The number of rotatable bonds is 8. The van der Waals surface area contributed by atoms with Crippen molar-refractivity contribution in [2.45, 2.75) is 20.3 Å². The number of anilines is 2. The summed E-state index contributed by atoms with van der Waals surface area (Å²) in [6.45, 7) is 5.04. The molecule has 1 fully saturated rings. The highest BCUT2D eigenvalue weighted by Gasteiger charge is 2.51. The quantitative estimate of drug-likeness (QED) is 0.617. The van der Waals surface area contributed by atoms with Crippen LogP contribution in [0.3, 0.4) is 0 Å². The fourth-order valence-electron chi connectivity index (χ4n) is 4.59. The molecule has 0 aliphatic heterocycles. The Morgan fingerprint density at radius 2 is 1.13 bits per heavy atom. The molecule has 0 saturated heterocycles. The second-order valence-corrected chi connectivity index (χ2v) is 7.89. The summed E-state index contributed by atoms with van der Waals surface area (Å²) in [5.41, 5.74) is 1.40. The summed E-state index contributed by atoms with van der Waals surface area (Å²) in [5.74, 6) is 0.689. The standard InChI is InChI=1S/C25H28N2O4/c1-3-30-20-11-7-18(8-12-20)26-24(28)22-16-5-6-17(15-16)23(22)25(29)27-19-9-13-21(14-10-19)31-4-2/h5-14,16-17,22-23H,3-4,15H2,1-2H3,(H,26,28)(H,27,29)/t16-,17+,22-,23-/m1/s1. The molecule has 6 nitrogen and oxygen atoms in total. The van der Waals surface area contributed by atoms with Crippen molar-refractivity contribution < 1.29 is 19.1 Å². The predicted octanol–water partition coefficient (Wildman–Crippen LogP) is 4.50. The van der Waals surface area contributed by atoms with Crippen molar-refractivity contribution in [3.8, 4) is 11.5 Å². The molecule has 0 aromatic heterocycles. The van der Waals surface area contributed by atoms with Gasteiger partial charge in [0.05, 0.1) is 25.0 Å². The summed E-state index contributed by atoms with van der Waals surface area (Å²) in [7, 11) is 0. The van der Waals surface area contributed by atoms with Crippen molar-refractivity contribution in [3.63, 3.8) is 0 Å². The molecular weight excluding hydrogens is 392 g/mol. The zero-order chi connectivity index (χ0) is 21.8. The Morgan fingerprint density at radius 3 is 1.48 bits per heavy atom. The third-order valence-corrected chi connectivity index (χ3v) is 5.93. The van der Waals surface area contributed by atoms with Crippen LogP contribution in [-0.2, 0) is 9.59 Å². The van der Waals surface area contributed by atoms with Crippen LogP contribution in [0.4, 0.5) is 11.4 Å². The third kappa shape index (κ3) is 4.58. The molecule has 2 aromatic rings. The molecule has 2 bridgehead atoms. The lowest BCUT2D eigenvalue weighted by Gasteiger charge is -2.26. The van der Waals surface area contributed by atoms with E-state index in [1.807, 2.05) is 62.4 Å². The van der Waals surface area contributed by atoms with Crippen molar-refractivity contribution in [3.05, 3.63) is 60.7 Å². The van der Waals surface area contributed by atoms with E-state index in [0.29, 0.717) is 24.6 Å². The Labute approximate surface area is 182 Å². The summed E-state index contributed by atoms with van der Waals surface area (Å²) in [4.78, 5) is 26.3. The number of carbonyl (C=O) groups is 2. The smallest absolute Gasteiger partial charge is 0.228 e. The normalized spacial score (nSPS) is 23.4. The van der Waals surface area contributed by atoms with Crippen molar-refractivity contribution in [1.82, 2.24) is 0 Å². The van der Waals surface area contributed by atoms with Gasteiger partial charge in [-0.25, -0.2) is 0 Å². The van der Waals surface area contributed by atoms with Gasteiger partial charge >= 0.3 is 0 Å². The zero-order valence-electron chi connectivity index (χ0n) is 17.8. The Balaban J connectivity index is 1.44. The van der Waals surface area contributed by atoms with Crippen LogP contribution < -0.4 is 20.1 Å². The average molecular weight is 421 g/mol. The molecule has 0 heterocycles. The Morgan fingerprint density at radius 1 is 0.742 bits per heavy atom. The first kappa shape index (κ1) is 21.0. The summed E-state index contributed by atoms with van der Waals surface area (Å²) in [6, 6.07) is 14.6. The highest BCUT2D eigenvalue weighted by molar-refractivity contribution is 6.01. The van der Waals surface area contributed by atoms with Crippen LogP contribution in [0.1, 0.15) is 20.3 Å². The van der Waals surface area contributed by atoms with E-state index in [-0.39, 0.29) is 35.5 Å². The monoisotopic (exact) mass is 420 g/mol. The lowest BCUT2D eigenvalue weighted by Crippen LogP contribution is -2.39. The van der Waals surface area contributed by atoms with Crippen LogP contribution in [0.5, 0.6) is 11.5 Å². The maximum atomic E-state index is 13.1. The lowest BCUT2D eigenvalue weighted by molar-refractivity contribution is -0.129. The van der Waals surface area contributed by atoms with Gasteiger partial charge in [-0.05, 0) is 80.6 Å². The first-order valence-electron chi connectivity index (χ1n) is 10.8. The minimum Gasteiger partial charge on any atom is -0.494 e. The van der Waals surface area contributed by atoms with E-state index in [1.165, 1.54) is 0 Å². The van der Waals surface area contributed by atoms with E-state index in [0.717, 1.165) is 17.9 Å². The number of hydrogen-bond donors (Lipinski definition) is 2. The lowest BCUT2D eigenvalue weighted by atomic mass is 9.81. The van der Waals surface area contributed by atoms with Crippen LogP contribution in [0.2, 0.25) is 0 Å². The number of ether oxygens (including phenoxy) is 2. The van der Waals surface area contributed by atoms with Crippen LogP contribution >= 0.6 is 0 Å². The molecule has 2 amide bonds. The van der Waals surface area contributed by atoms with Gasteiger partial charge in [0.15, 0.2) is 0 Å². The molecule has 4 atom stereocenters. The number of allylic oxidation sites excluding steroid dienone is 2. The molecule has 2 aliphatic rings. The number of hydrogen-bond acceptors (Lipinski definition) is 4. The molecule has 2 aliphatic carbocycles. The molecule has 2 aromatic carbocycles. The fraction of sp³-hybridized carbons (Fsp3) is 0.360. The van der Waals surface area contributed by atoms with Gasteiger partial charge in [-0.1, -0.05) is 12.2 Å². The van der Waals surface area contributed by atoms with E-state index >= 15 is 0 Å². The molecule has 31 heavy (non-hydrogen) atoms. The Kier molecular flexibility index (Phi) is 6.26. The van der Waals surface area contributed by atoms with Crippen molar-refractivity contribution >= 4 is 23.2 Å². The summed E-state index contributed by atoms with van der Waals surface area (Å²) in [6.07, 6.45) is 4.99. The van der Waals surface area contributed by atoms with Crippen LogP contribution in [0, 0.1) is 23.7 Å². The van der Waals surface area contributed by atoms with Crippen LogP contribution in [-0.4, -0.2) is 25.0 Å². The first-order chi connectivity index (χ1) is 15.1. The SMILES string of the molecule is CCOc1ccc(NC(=O)[C@H]2[C@H](C(=O)Nc3ccc(OCC)cc3)[C@H]3C=C[C@@H]2C3)cc1. The van der Waals surface area contributed by atoms with E-state index in [1.54, 1.807) is 0 Å². The number of carbonyl (C=O) groups excluding carboxylic acids is 2. The predicted molar refractivity (Wildman–Crippen MR) is 120 cm³/mol. The minimum absolute atomic E-state index is 0.0868. The molecule has 0 spiro atoms. The van der Waals surface area contributed by atoms with Crippen molar-refractivity contribution in [2.24, 2.45) is 23.7 Å². The van der Waals surface area contributed by atoms with Gasteiger partial charge in [0, 0.05) is 11.4 Å². The average Bonchev–Trinajstić information content (AvgIpc) is 3.39. The number of fused-ring (bicyclic) bond motifs is 2. The second kappa shape index (κ2) is 9.25. The molecule has 162 valence electrons. The van der Waals surface area contributed by atoms with Gasteiger partial charge in [-0.2, -0.15) is 0 Å². The van der Waals surface area contributed by atoms with Crippen molar-refractivity contribution in [2.75, 3.05) is 23.8 Å². The first-order valence-corrected chi connectivity index (χ1v) is 10.8. The number of nitrogens with one attached hydrogen (secondary N) is 2. The summed E-state index contributed by atoms with van der Waals surface area (Å²) in [5, 5.41) is 5.97. The van der Waals surface area contributed by atoms with Gasteiger partial charge in [0.2, 0.25) is 11.8 Å². The molecule has 0 unspecified atom stereocenters. The largest absolute Gasteiger partial charge is 0.494 e. The highest BCUT2D eigenvalue weighted by atomic mass is 16.5. The van der Waals surface area contributed by atoms with Gasteiger partial charge in [0.1, 0.15) is 11.5 Å². The maximum absolute atomic E-state index is 13.1. The van der Waals surface area contributed by atoms with Gasteiger partial charge in [-0.3, -0.25) is 9.59 Å². The highest BCUT2D eigenvalue weighted by Crippen LogP contribution is 2.48. The fourth-order valence-corrected chi connectivity index (χ4v) is 4.59. The van der Waals surface area contributed by atoms with Gasteiger partial charge in [-0.15, -0.1) is 0 Å². The Hall–Kier alpha value is -3.28. The number of amides is 2. The van der Waals surface area contributed by atoms with Gasteiger partial charge in [0.25, 0.3) is 0 Å². The number of benzene rings is 2. The van der Waals surface area contributed by atoms with E-state index in [2.05, 4.69) is 22.8 Å². The molecule has 0 radical (unpaired) electrons. The van der Waals surface area contributed by atoms with E-state index in [9.17, 15) is 9.59 Å². The second-order valence-electron chi connectivity index (χ2n) is 7.89. The summed E-state index contributed by atoms with van der Waals surface area (Å²) >= 11 is 0. The molecule has 1 saturated carbocycles. The molecule has 2 N–H and O–H groups in total. The van der Waals surface area contributed by atoms with Crippen LogP contribution in [0.25, 0.3) is 0 Å².